The van der Waals surface area contributed by atoms with Crippen molar-refractivity contribution in [2.24, 2.45) is 0 Å². The highest BCUT2D eigenvalue weighted by molar-refractivity contribution is 7.45. The molecule has 1 amide bonds. The first-order valence-corrected chi connectivity index (χ1v) is 29.7. The number of amides is 1. The Balaban J connectivity index is 5.48. The molecule has 0 fully saturated rings. The molecule has 0 aliphatic rings. The molecule has 0 aliphatic heterocycles. The zero-order chi connectivity index (χ0) is 52.2. The Hall–Kier alpha value is -3.33. The van der Waals surface area contributed by atoms with Crippen LogP contribution in [0.3, 0.4) is 0 Å². The number of unbranched alkanes of at least 4 members (excludes halogenated alkanes) is 17. The Morgan fingerprint density at radius 2 is 0.915 bits per heavy atom. The van der Waals surface area contributed by atoms with Gasteiger partial charge < -0.3 is 28.5 Å². The Morgan fingerprint density at radius 3 is 1.41 bits per heavy atom. The van der Waals surface area contributed by atoms with Crippen molar-refractivity contribution >= 4 is 19.7 Å². The van der Waals surface area contributed by atoms with Crippen LogP contribution in [0.5, 0.6) is 0 Å². The number of likely N-dealkylation sites (N-methyl/N-ethyl adjacent to an activating group) is 1. The van der Waals surface area contributed by atoms with E-state index in [-0.39, 0.29) is 31.3 Å². The van der Waals surface area contributed by atoms with E-state index in [1.54, 1.807) is 6.08 Å². The lowest BCUT2D eigenvalue weighted by Gasteiger charge is -2.30. The molecule has 0 spiro atoms. The van der Waals surface area contributed by atoms with Gasteiger partial charge in [-0.3, -0.25) is 14.2 Å². The van der Waals surface area contributed by atoms with Crippen molar-refractivity contribution in [2.45, 2.75) is 226 Å². The van der Waals surface area contributed by atoms with Gasteiger partial charge in [-0.2, -0.15) is 0 Å². The number of hydrogen-bond donors (Lipinski definition) is 1. The minimum Gasteiger partial charge on any atom is -0.756 e. The molecule has 0 saturated carbocycles. The number of phosphoric acid groups is 1. The number of ether oxygens (including phenoxy) is 1. The van der Waals surface area contributed by atoms with Gasteiger partial charge >= 0.3 is 5.97 Å². The molecule has 406 valence electrons. The summed E-state index contributed by atoms with van der Waals surface area (Å²) in [5.74, 6) is -0.645. The quantitative estimate of drug-likeness (QED) is 0.0212. The Labute approximate surface area is 436 Å². The second-order valence-electron chi connectivity index (χ2n) is 19.7. The SMILES string of the molecule is CC/C=C\C/C=C\C/C=C\C/C=C\C/C=C\CCCC(=O)NC(COP(=O)([O-])OCC[N+](C)(C)C)C(/C=C/CCCCCCCCCCC)OC(=O)CCCCCC/C=C\C/C=C\C/C=C\CCCCC. The minimum atomic E-state index is -4.72. The van der Waals surface area contributed by atoms with Gasteiger partial charge in [0.05, 0.1) is 33.8 Å². The lowest BCUT2D eigenvalue weighted by Crippen LogP contribution is -2.47. The number of allylic oxidation sites excluding steroid dienone is 17. The number of carbonyl (C=O) groups excluding carboxylic acids is 2. The molecule has 10 heteroatoms. The lowest BCUT2D eigenvalue weighted by molar-refractivity contribution is -0.870. The van der Waals surface area contributed by atoms with Crippen LogP contribution in [-0.4, -0.2) is 69.4 Å². The summed E-state index contributed by atoms with van der Waals surface area (Å²) in [5.41, 5.74) is 0. The summed E-state index contributed by atoms with van der Waals surface area (Å²) < 4.78 is 30.1. The third kappa shape index (κ3) is 51.4. The first-order chi connectivity index (χ1) is 34.4. The number of quaternary nitrogens is 1. The van der Waals surface area contributed by atoms with Crippen LogP contribution >= 0.6 is 7.82 Å². The van der Waals surface area contributed by atoms with Gasteiger partial charge in [-0.1, -0.05) is 201 Å². The highest BCUT2D eigenvalue weighted by Gasteiger charge is 2.27. The molecule has 0 aromatic heterocycles. The van der Waals surface area contributed by atoms with E-state index in [0.717, 1.165) is 96.3 Å². The van der Waals surface area contributed by atoms with Crippen LogP contribution in [0.4, 0.5) is 0 Å². The van der Waals surface area contributed by atoms with Gasteiger partial charge in [-0.05, 0) is 109 Å². The second-order valence-corrected chi connectivity index (χ2v) is 21.1. The highest BCUT2D eigenvalue weighted by atomic mass is 31.2. The van der Waals surface area contributed by atoms with Crippen molar-refractivity contribution in [2.75, 3.05) is 40.9 Å². The molecule has 0 bridgehead atoms. The molecular weight excluding hydrogens is 904 g/mol. The molecule has 0 rings (SSSR count). The van der Waals surface area contributed by atoms with Gasteiger partial charge in [0.1, 0.15) is 19.3 Å². The van der Waals surface area contributed by atoms with E-state index >= 15 is 0 Å². The molecule has 0 aromatic rings. The van der Waals surface area contributed by atoms with Crippen molar-refractivity contribution in [1.82, 2.24) is 5.32 Å². The van der Waals surface area contributed by atoms with Crippen LogP contribution < -0.4 is 10.2 Å². The fraction of sp³-hybridized carbons (Fsp3) is 0.672. The molecule has 0 heterocycles. The van der Waals surface area contributed by atoms with Crippen LogP contribution in [0.15, 0.2) is 109 Å². The molecule has 1 N–H and O–H groups in total. The highest BCUT2D eigenvalue weighted by Crippen LogP contribution is 2.38. The van der Waals surface area contributed by atoms with E-state index < -0.39 is 26.6 Å². The first-order valence-electron chi connectivity index (χ1n) is 28.2. The molecular formula is C61H105N2O7P. The second kappa shape index (κ2) is 50.2. The average molecular weight is 1010 g/mol. The van der Waals surface area contributed by atoms with E-state index in [0.29, 0.717) is 23.9 Å². The Morgan fingerprint density at radius 1 is 0.507 bits per heavy atom. The predicted molar refractivity (Wildman–Crippen MR) is 302 cm³/mol. The molecule has 0 saturated heterocycles. The van der Waals surface area contributed by atoms with Crippen molar-refractivity contribution in [3.63, 3.8) is 0 Å². The fourth-order valence-corrected chi connectivity index (χ4v) is 8.05. The fourth-order valence-electron chi connectivity index (χ4n) is 7.33. The third-order valence-corrected chi connectivity index (χ3v) is 12.7. The van der Waals surface area contributed by atoms with E-state index in [1.807, 2.05) is 27.2 Å². The van der Waals surface area contributed by atoms with E-state index in [1.165, 1.54) is 70.6 Å². The van der Waals surface area contributed by atoms with Crippen LogP contribution in [-0.2, 0) is 27.9 Å². The van der Waals surface area contributed by atoms with Gasteiger partial charge in [0.15, 0.2) is 0 Å². The van der Waals surface area contributed by atoms with Crippen molar-refractivity contribution in [3.05, 3.63) is 109 Å². The maximum Gasteiger partial charge on any atom is 0.306 e. The number of nitrogens with zero attached hydrogens (tertiary/aromatic N) is 1. The van der Waals surface area contributed by atoms with Crippen LogP contribution in [0.1, 0.15) is 213 Å². The topological polar surface area (TPSA) is 114 Å². The summed E-state index contributed by atoms with van der Waals surface area (Å²) in [4.78, 5) is 39.8. The van der Waals surface area contributed by atoms with E-state index in [2.05, 4.69) is 123 Å². The van der Waals surface area contributed by atoms with Crippen LogP contribution in [0.2, 0.25) is 0 Å². The van der Waals surface area contributed by atoms with Gasteiger partial charge in [-0.15, -0.1) is 0 Å². The lowest BCUT2D eigenvalue weighted by atomic mass is 10.1. The largest absolute Gasteiger partial charge is 0.756 e. The van der Waals surface area contributed by atoms with Crippen molar-refractivity contribution in [3.8, 4) is 0 Å². The number of rotatable bonds is 49. The molecule has 9 nitrogen and oxygen atoms in total. The average Bonchev–Trinajstić information content (AvgIpc) is 3.33. The summed E-state index contributed by atoms with van der Waals surface area (Å²) in [6, 6.07) is -0.933. The summed E-state index contributed by atoms with van der Waals surface area (Å²) in [5, 5.41) is 2.97. The van der Waals surface area contributed by atoms with Crippen molar-refractivity contribution < 1.29 is 37.3 Å². The summed E-state index contributed by atoms with van der Waals surface area (Å²) in [7, 11) is 1.12. The first kappa shape index (κ1) is 67.7. The smallest absolute Gasteiger partial charge is 0.306 e. The normalized spacial score (nSPS) is 14.6. The van der Waals surface area contributed by atoms with Gasteiger partial charge in [0.25, 0.3) is 7.82 Å². The van der Waals surface area contributed by atoms with Gasteiger partial charge in [0.2, 0.25) is 5.91 Å². The number of nitrogens with one attached hydrogen (secondary N) is 1. The summed E-state index contributed by atoms with van der Waals surface area (Å²) in [6.07, 6.45) is 67.8. The van der Waals surface area contributed by atoms with E-state index in [4.69, 9.17) is 13.8 Å². The molecule has 0 aliphatic carbocycles. The summed E-state index contributed by atoms with van der Waals surface area (Å²) in [6.45, 7) is 6.60. The Bertz CT molecular complexity index is 1580. The van der Waals surface area contributed by atoms with Crippen molar-refractivity contribution in [1.29, 1.82) is 0 Å². The zero-order valence-corrected chi connectivity index (χ0v) is 47.0. The maximum atomic E-state index is 13.4. The Kier molecular flexibility index (Phi) is 47.9. The molecule has 0 radical (unpaired) electrons. The third-order valence-electron chi connectivity index (χ3n) is 11.7. The summed E-state index contributed by atoms with van der Waals surface area (Å²) >= 11 is 0. The monoisotopic (exact) mass is 1010 g/mol. The molecule has 3 atom stereocenters. The van der Waals surface area contributed by atoms with E-state index in [9.17, 15) is 19.0 Å². The zero-order valence-electron chi connectivity index (χ0n) is 46.1. The molecule has 3 unspecified atom stereocenters. The number of carbonyl (C=O) groups is 2. The number of esters is 1. The van der Waals surface area contributed by atoms with Crippen LogP contribution in [0, 0.1) is 0 Å². The van der Waals surface area contributed by atoms with Gasteiger partial charge in [-0.25, -0.2) is 0 Å². The minimum absolute atomic E-state index is 0.0425. The standard InChI is InChI=1S/C61H105N2O7P/c1-7-10-13-16-19-22-25-27-29-31-33-35-38-41-44-47-50-53-60(64)62-58(57-69-71(66,67)68-56-55-63(4,5)6)59(52-49-46-43-40-37-24-21-18-15-12-9-3)70-61(65)54-51-48-45-42-39-36-34-32-30-28-26-23-20-17-14-11-8-2/h10,13,19-20,22-23,27-30,33-36,41,44,49,52,58-59H,7-9,11-12,14-18,21,24-26,31-32,37-40,42-43,45-48,50-51,53-57H2,1-6H3,(H-,62,64,66,67)/b13-10-,22-19-,23-20-,29-27-,30-28-,35-33-,36-34-,44-41-,52-49+. The van der Waals surface area contributed by atoms with Gasteiger partial charge in [0, 0.05) is 12.8 Å². The number of phosphoric ester groups is 1. The maximum absolute atomic E-state index is 13.4. The predicted octanol–water partition coefficient (Wildman–Crippen LogP) is 16.4. The number of hydrogen-bond acceptors (Lipinski definition) is 7. The molecule has 71 heavy (non-hydrogen) atoms. The molecule has 0 aromatic carbocycles. The van der Waals surface area contributed by atoms with Crippen LogP contribution in [0.25, 0.3) is 0 Å².